The van der Waals surface area contributed by atoms with E-state index < -0.39 is 0 Å². The summed E-state index contributed by atoms with van der Waals surface area (Å²) in [6.45, 7) is 6.58. The molecule has 2 rings (SSSR count). The number of amides is 2. The summed E-state index contributed by atoms with van der Waals surface area (Å²) in [5, 5.41) is 3.33. The number of unbranched alkanes of at least 4 members (excludes halogenated alkanes) is 1. The Bertz CT molecular complexity index is 436. The number of carbonyl (C=O) groups excluding carboxylic acids is 2. The van der Waals surface area contributed by atoms with Crippen molar-refractivity contribution < 1.29 is 14.3 Å². The Labute approximate surface area is 152 Å². The highest BCUT2D eigenvalue weighted by molar-refractivity contribution is 5.84. The van der Waals surface area contributed by atoms with E-state index in [1.807, 2.05) is 16.8 Å². The SMILES string of the molecule is CCCCN(C)C(=O)C1CCN(C(=O)C2(COC)CCNCC2)CC1. The van der Waals surface area contributed by atoms with Crippen molar-refractivity contribution in [3.05, 3.63) is 0 Å². The largest absolute Gasteiger partial charge is 0.384 e. The second-order valence-electron chi connectivity index (χ2n) is 7.64. The Morgan fingerprint density at radius 2 is 1.88 bits per heavy atom. The number of nitrogens with zero attached hydrogens (tertiary/aromatic N) is 2. The number of carbonyl (C=O) groups is 2. The van der Waals surface area contributed by atoms with Crippen LogP contribution in [0.5, 0.6) is 0 Å². The lowest BCUT2D eigenvalue weighted by atomic mass is 9.77. The molecule has 0 unspecified atom stereocenters. The molecule has 2 amide bonds. The van der Waals surface area contributed by atoms with Crippen LogP contribution in [0, 0.1) is 11.3 Å². The molecule has 0 aliphatic carbocycles. The fourth-order valence-corrected chi connectivity index (χ4v) is 4.08. The first-order valence-electron chi connectivity index (χ1n) is 9.78. The molecule has 0 bridgehead atoms. The first-order valence-corrected chi connectivity index (χ1v) is 9.78. The van der Waals surface area contributed by atoms with Gasteiger partial charge in [-0.25, -0.2) is 0 Å². The van der Waals surface area contributed by atoms with Crippen molar-refractivity contribution in [3.63, 3.8) is 0 Å². The minimum atomic E-state index is -0.380. The van der Waals surface area contributed by atoms with E-state index in [1.54, 1.807) is 7.11 Å². The molecule has 0 radical (unpaired) electrons. The number of hydrogen-bond acceptors (Lipinski definition) is 4. The number of piperidine rings is 2. The third-order valence-corrected chi connectivity index (χ3v) is 5.79. The van der Waals surface area contributed by atoms with Crippen LogP contribution in [-0.4, -0.2) is 75.1 Å². The quantitative estimate of drug-likeness (QED) is 0.753. The average molecular weight is 354 g/mol. The van der Waals surface area contributed by atoms with Gasteiger partial charge in [0.1, 0.15) is 0 Å². The monoisotopic (exact) mass is 353 g/mol. The first kappa shape index (κ1) is 20.2. The Balaban J connectivity index is 1.90. The normalized spacial score (nSPS) is 21.2. The lowest BCUT2D eigenvalue weighted by Crippen LogP contribution is -2.54. The predicted molar refractivity (Wildman–Crippen MR) is 98.3 cm³/mol. The maximum Gasteiger partial charge on any atom is 0.231 e. The summed E-state index contributed by atoms with van der Waals surface area (Å²) in [7, 11) is 3.58. The second kappa shape index (κ2) is 9.53. The maximum atomic E-state index is 13.1. The summed E-state index contributed by atoms with van der Waals surface area (Å²) in [4.78, 5) is 29.5. The van der Waals surface area contributed by atoms with E-state index in [2.05, 4.69) is 12.2 Å². The van der Waals surface area contributed by atoms with Crippen molar-refractivity contribution in [2.24, 2.45) is 11.3 Å². The van der Waals surface area contributed by atoms with Crippen LogP contribution in [0.15, 0.2) is 0 Å². The Hall–Kier alpha value is -1.14. The molecule has 1 N–H and O–H groups in total. The average Bonchev–Trinajstić information content (AvgIpc) is 2.66. The maximum absolute atomic E-state index is 13.1. The number of rotatable bonds is 7. The highest BCUT2D eigenvalue weighted by atomic mass is 16.5. The lowest BCUT2D eigenvalue weighted by molar-refractivity contribution is -0.151. The highest BCUT2D eigenvalue weighted by Gasteiger charge is 2.43. The third kappa shape index (κ3) is 4.94. The predicted octanol–water partition coefficient (Wildman–Crippen LogP) is 1.50. The second-order valence-corrected chi connectivity index (χ2v) is 7.64. The van der Waals surface area contributed by atoms with Crippen LogP contribution in [0.1, 0.15) is 45.4 Å². The van der Waals surface area contributed by atoms with Gasteiger partial charge in [0.15, 0.2) is 0 Å². The van der Waals surface area contributed by atoms with Crippen molar-refractivity contribution in [2.75, 3.05) is 53.5 Å². The zero-order chi connectivity index (χ0) is 18.3. The molecule has 2 aliphatic rings. The van der Waals surface area contributed by atoms with Gasteiger partial charge < -0.3 is 19.9 Å². The fourth-order valence-electron chi connectivity index (χ4n) is 4.08. The zero-order valence-electron chi connectivity index (χ0n) is 16.2. The van der Waals surface area contributed by atoms with Gasteiger partial charge in [0.2, 0.25) is 11.8 Å². The van der Waals surface area contributed by atoms with Gasteiger partial charge in [-0.05, 0) is 45.2 Å². The molecule has 0 aromatic carbocycles. The first-order chi connectivity index (χ1) is 12.0. The summed E-state index contributed by atoms with van der Waals surface area (Å²) in [5.41, 5.74) is -0.380. The van der Waals surface area contributed by atoms with Crippen LogP contribution in [-0.2, 0) is 14.3 Å². The number of likely N-dealkylation sites (tertiary alicyclic amines) is 1. The Kier molecular flexibility index (Phi) is 7.69. The van der Waals surface area contributed by atoms with Gasteiger partial charge in [-0.3, -0.25) is 9.59 Å². The molecule has 2 fully saturated rings. The fraction of sp³-hybridized carbons (Fsp3) is 0.895. The molecule has 0 saturated carbocycles. The van der Waals surface area contributed by atoms with Gasteiger partial charge in [-0.2, -0.15) is 0 Å². The van der Waals surface area contributed by atoms with Gasteiger partial charge >= 0.3 is 0 Å². The topological polar surface area (TPSA) is 61.9 Å². The minimum absolute atomic E-state index is 0.0669. The molecule has 6 nitrogen and oxygen atoms in total. The van der Waals surface area contributed by atoms with Gasteiger partial charge in [-0.15, -0.1) is 0 Å². The standard InChI is InChI=1S/C19H35N3O3/c1-4-5-12-21(2)17(23)16-6-13-22(14-7-16)18(24)19(15-25-3)8-10-20-11-9-19/h16,20H,4-15H2,1-3H3. The van der Waals surface area contributed by atoms with Gasteiger partial charge in [0.25, 0.3) is 0 Å². The molecule has 0 aromatic heterocycles. The van der Waals surface area contributed by atoms with E-state index in [1.165, 1.54) is 0 Å². The molecular formula is C19H35N3O3. The molecule has 0 aromatic rings. The third-order valence-electron chi connectivity index (χ3n) is 5.79. The summed E-state index contributed by atoms with van der Waals surface area (Å²) in [6.07, 6.45) is 5.37. The van der Waals surface area contributed by atoms with Gasteiger partial charge in [-0.1, -0.05) is 13.3 Å². The van der Waals surface area contributed by atoms with Gasteiger partial charge in [0.05, 0.1) is 12.0 Å². The molecule has 6 heteroatoms. The Morgan fingerprint density at radius 3 is 2.44 bits per heavy atom. The van der Waals surface area contributed by atoms with Crippen LogP contribution in [0.2, 0.25) is 0 Å². The van der Waals surface area contributed by atoms with E-state index in [0.29, 0.717) is 19.7 Å². The van der Waals surface area contributed by atoms with Crippen molar-refractivity contribution >= 4 is 11.8 Å². The van der Waals surface area contributed by atoms with E-state index in [4.69, 9.17) is 4.74 Å². The van der Waals surface area contributed by atoms with Crippen molar-refractivity contribution in [3.8, 4) is 0 Å². The smallest absolute Gasteiger partial charge is 0.231 e. The number of nitrogens with one attached hydrogen (secondary N) is 1. The minimum Gasteiger partial charge on any atom is -0.384 e. The Morgan fingerprint density at radius 1 is 1.24 bits per heavy atom. The van der Waals surface area contributed by atoms with Crippen molar-refractivity contribution in [1.82, 2.24) is 15.1 Å². The number of ether oxygens (including phenoxy) is 1. The molecule has 2 saturated heterocycles. The van der Waals surface area contributed by atoms with E-state index in [-0.39, 0.29) is 23.1 Å². The van der Waals surface area contributed by atoms with Crippen LogP contribution in [0.4, 0.5) is 0 Å². The van der Waals surface area contributed by atoms with Crippen LogP contribution in [0.3, 0.4) is 0 Å². The zero-order valence-corrected chi connectivity index (χ0v) is 16.2. The molecule has 144 valence electrons. The van der Waals surface area contributed by atoms with E-state index in [0.717, 1.165) is 58.2 Å². The lowest BCUT2D eigenvalue weighted by Gasteiger charge is -2.42. The summed E-state index contributed by atoms with van der Waals surface area (Å²) in [6, 6.07) is 0. The highest BCUT2D eigenvalue weighted by Crippen LogP contribution is 2.33. The summed E-state index contributed by atoms with van der Waals surface area (Å²) < 4.78 is 5.39. The molecule has 0 spiro atoms. The van der Waals surface area contributed by atoms with Crippen LogP contribution in [0.25, 0.3) is 0 Å². The number of methoxy groups -OCH3 is 1. The number of hydrogen-bond donors (Lipinski definition) is 1. The summed E-state index contributed by atoms with van der Waals surface area (Å²) >= 11 is 0. The molecule has 2 heterocycles. The van der Waals surface area contributed by atoms with Crippen molar-refractivity contribution in [1.29, 1.82) is 0 Å². The van der Waals surface area contributed by atoms with Crippen LogP contribution < -0.4 is 5.32 Å². The van der Waals surface area contributed by atoms with E-state index >= 15 is 0 Å². The molecule has 2 aliphatic heterocycles. The molecular weight excluding hydrogens is 318 g/mol. The van der Waals surface area contributed by atoms with Crippen LogP contribution >= 0.6 is 0 Å². The van der Waals surface area contributed by atoms with Gasteiger partial charge in [0, 0.05) is 39.7 Å². The summed E-state index contributed by atoms with van der Waals surface area (Å²) in [5.74, 6) is 0.535. The molecule has 0 atom stereocenters. The van der Waals surface area contributed by atoms with E-state index in [9.17, 15) is 9.59 Å². The molecule has 25 heavy (non-hydrogen) atoms. The van der Waals surface area contributed by atoms with Crippen molar-refractivity contribution in [2.45, 2.75) is 45.4 Å².